The SMILES string of the molecule is C[N+](C)(C)CCOP(=O)([O-])O.c1cc2cccc3c4cccc5cccc(c(c1)c23)c54. The maximum absolute atomic E-state index is 10.1. The maximum Gasteiger partial charge on any atom is 0.265 e. The normalized spacial score (nSPS) is 14.1. The van der Waals surface area contributed by atoms with Crippen LogP contribution in [0, 0.1) is 0 Å². The Kier molecular flexibility index (Phi) is 5.73. The van der Waals surface area contributed by atoms with E-state index < -0.39 is 7.82 Å². The first kappa shape index (κ1) is 21.7. The lowest BCUT2D eigenvalue weighted by atomic mass is 9.90. The van der Waals surface area contributed by atoms with E-state index in [4.69, 9.17) is 4.89 Å². The molecule has 5 aromatic rings. The molecule has 6 heteroatoms. The summed E-state index contributed by atoms with van der Waals surface area (Å²) in [7, 11) is 1.19. The third kappa shape index (κ3) is 4.72. The molecule has 0 fully saturated rings. The Balaban J connectivity index is 0.000000182. The predicted molar refractivity (Wildman–Crippen MR) is 126 cm³/mol. The topological polar surface area (TPSA) is 69.6 Å². The molecule has 0 heterocycles. The Morgan fingerprint density at radius 3 is 1.42 bits per heavy atom. The molecule has 0 saturated carbocycles. The van der Waals surface area contributed by atoms with Gasteiger partial charge in [0.05, 0.1) is 21.1 Å². The summed E-state index contributed by atoms with van der Waals surface area (Å²) in [6, 6.07) is 26.4. The van der Waals surface area contributed by atoms with Gasteiger partial charge < -0.3 is 18.8 Å². The number of fused-ring (bicyclic) bond motifs is 2. The number of hydrogen-bond acceptors (Lipinski definition) is 3. The van der Waals surface area contributed by atoms with Crippen molar-refractivity contribution in [3.8, 4) is 0 Å². The van der Waals surface area contributed by atoms with Crippen LogP contribution in [0.3, 0.4) is 0 Å². The Morgan fingerprint density at radius 2 is 1.13 bits per heavy atom. The number of hydrogen-bond donors (Lipinski definition) is 1. The lowest BCUT2D eigenvalue weighted by Gasteiger charge is -2.25. The van der Waals surface area contributed by atoms with Crippen molar-refractivity contribution in [1.82, 2.24) is 0 Å². The van der Waals surface area contributed by atoms with E-state index in [0.29, 0.717) is 11.0 Å². The monoisotopic (exact) mass is 435 g/mol. The van der Waals surface area contributed by atoms with Crippen LogP contribution >= 0.6 is 7.82 Å². The second-order valence-electron chi connectivity index (χ2n) is 8.73. The number of phosphoric acid groups is 1. The van der Waals surface area contributed by atoms with Crippen LogP contribution in [0.1, 0.15) is 0 Å². The Bertz CT molecular complexity index is 1230. The van der Waals surface area contributed by atoms with Gasteiger partial charge in [-0.2, -0.15) is 0 Å². The van der Waals surface area contributed by atoms with Crippen LogP contribution in [-0.4, -0.2) is 43.7 Å². The fourth-order valence-corrected chi connectivity index (χ4v) is 4.32. The van der Waals surface area contributed by atoms with Gasteiger partial charge in [0.2, 0.25) is 0 Å². The average molecular weight is 435 g/mol. The molecule has 1 atom stereocenters. The molecule has 1 unspecified atom stereocenters. The summed E-state index contributed by atoms with van der Waals surface area (Å²) in [5, 5.41) is 10.9. The van der Waals surface area contributed by atoms with Crippen molar-refractivity contribution in [2.24, 2.45) is 0 Å². The third-order valence-corrected chi connectivity index (χ3v) is 5.92. The van der Waals surface area contributed by atoms with Gasteiger partial charge in [-0.25, -0.2) is 0 Å². The van der Waals surface area contributed by atoms with Crippen LogP contribution in [0.4, 0.5) is 0 Å². The fourth-order valence-electron chi connectivity index (χ4n) is 4.01. The van der Waals surface area contributed by atoms with Crippen LogP contribution < -0.4 is 4.89 Å². The van der Waals surface area contributed by atoms with Crippen molar-refractivity contribution in [3.63, 3.8) is 0 Å². The van der Waals surface area contributed by atoms with Crippen molar-refractivity contribution in [1.29, 1.82) is 0 Å². The van der Waals surface area contributed by atoms with E-state index >= 15 is 0 Å². The maximum atomic E-state index is 10.1. The van der Waals surface area contributed by atoms with Gasteiger partial charge in [0.25, 0.3) is 7.82 Å². The first-order chi connectivity index (χ1) is 14.6. The molecule has 0 aromatic heterocycles. The average Bonchev–Trinajstić information content (AvgIpc) is 2.70. The van der Waals surface area contributed by atoms with E-state index in [1.54, 1.807) is 0 Å². The van der Waals surface area contributed by atoms with E-state index in [2.05, 4.69) is 77.3 Å². The van der Waals surface area contributed by atoms with Gasteiger partial charge >= 0.3 is 0 Å². The third-order valence-electron chi connectivity index (χ3n) is 5.41. The van der Waals surface area contributed by atoms with E-state index in [1.807, 2.05) is 21.1 Å². The first-order valence-corrected chi connectivity index (χ1v) is 11.7. The van der Waals surface area contributed by atoms with Crippen molar-refractivity contribution in [2.75, 3.05) is 34.3 Å². The molecule has 5 nitrogen and oxygen atoms in total. The van der Waals surface area contributed by atoms with E-state index in [9.17, 15) is 9.46 Å². The summed E-state index contributed by atoms with van der Waals surface area (Å²) in [6.07, 6.45) is 0. The predicted octanol–water partition coefficient (Wildman–Crippen LogP) is 4.91. The first-order valence-electron chi connectivity index (χ1n) is 10.2. The lowest BCUT2D eigenvalue weighted by Crippen LogP contribution is -2.37. The quantitative estimate of drug-likeness (QED) is 0.189. The van der Waals surface area contributed by atoms with Gasteiger partial charge in [-0.15, -0.1) is 0 Å². The van der Waals surface area contributed by atoms with E-state index in [-0.39, 0.29) is 6.61 Å². The van der Waals surface area contributed by atoms with Gasteiger partial charge in [-0.3, -0.25) is 4.57 Å². The molecule has 5 rings (SSSR count). The molecule has 0 radical (unpaired) electrons. The Morgan fingerprint density at radius 1 is 0.774 bits per heavy atom. The molecular formula is C25H26NO4P. The van der Waals surface area contributed by atoms with Crippen molar-refractivity contribution < 1.29 is 23.4 Å². The van der Waals surface area contributed by atoms with E-state index in [0.717, 1.165) is 0 Å². The minimum absolute atomic E-state index is 0.0147. The van der Waals surface area contributed by atoms with Crippen LogP contribution in [0.5, 0.6) is 0 Å². The summed E-state index contributed by atoms with van der Waals surface area (Å²) in [4.78, 5) is 18.3. The number of quaternary nitrogens is 1. The van der Waals surface area contributed by atoms with Crippen LogP contribution in [0.15, 0.2) is 72.8 Å². The number of phosphoric ester groups is 1. The number of likely N-dealkylation sites (N-methyl/N-ethyl adjacent to an activating group) is 1. The standard InChI is InChI=1S/C20H12.C5H14NO4P/c1-5-13-6-2-11-17-18-12-4-8-14-7-3-10-16(20(14)18)15(9-1)19(13)17;1-6(2,3)4-5-10-11(7,8)9/h1-12H;4-5H2,1-3H3,(H-,7,8,9). The highest BCUT2D eigenvalue weighted by Crippen LogP contribution is 2.39. The van der Waals surface area contributed by atoms with Gasteiger partial charge in [-0.1, -0.05) is 72.8 Å². The van der Waals surface area contributed by atoms with Crippen molar-refractivity contribution in [3.05, 3.63) is 72.8 Å². The highest BCUT2D eigenvalue weighted by molar-refractivity contribution is 7.44. The molecule has 1 N–H and O–H groups in total. The zero-order chi connectivity index (χ0) is 22.2. The molecule has 0 aliphatic heterocycles. The number of rotatable bonds is 4. The van der Waals surface area contributed by atoms with E-state index in [1.165, 1.54) is 43.1 Å². The molecular weight excluding hydrogens is 409 g/mol. The molecule has 0 spiro atoms. The van der Waals surface area contributed by atoms with Crippen molar-refractivity contribution >= 4 is 50.9 Å². The molecule has 31 heavy (non-hydrogen) atoms. The molecule has 0 aliphatic rings. The van der Waals surface area contributed by atoms with Crippen LogP contribution in [0.25, 0.3) is 43.1 Å². The minimum atomic E-state index is -4.51. The zero-order valence-corrected chi connectivity index (χ0v) is 18.8. The highest BCUT2D eigenvalue weighted by Gasteiger charge is 2.11. The molecule has 0 saturated heterocycles. The Labute approximate surface area is 181 Å². The van der Waals surface area contributed by atoms with Crippen LogP contribution in [0.2, 0.25) is 0 Å². The largest absolute Gasteiger partial charge is 0.756 e. The summed E-state index contributed by atoms with van der Waals surface area (Å²) in [5.74, 6) is 0. The van der Waals surface area contributed by atoms with Crippen molar-refractivity contribution in [2.45, 2.75) is 0 Å². The van der Waals surface area contributed by atoms with Gasteiger partial charge in [0, 0.05) is 0 Å². The van der Waals surface area contributed by atoms with Crippen LogP contribution in [-0.2, 0) is 9.09 Å². The second-order valence-corrected chi connectivity index (χ2v) is 9.93. The summed E-state index contributed by atoms with van der Waals surface area (Å²) < 4.78 is 14.8. The van der Waals surface area contributed by atoms with Gasteiger partial charge in [-0.05, 0) is 43.1 Å². The lowest BCUT2D eigenvalue weighted by molar-refractivity contribution is -0.870. The second kappa shape index (κ2) is 8.19. The molecule has 0 aliphatic carbocycles. The smallest absolute Gasteiger partial charge is 0.265 e. The summed E-state index contributed by atoms with van der Waals surface area (Å²) >= 11 is 0. The Hall–Kier alpha value is -2.53. The zero-order valence-electron chi connectivity index (χ0n) is 17.9. The fraction of sp³-hybridized carbons (Fsp3) is 0.200. The molecule has 160 valence electrons. The molecule has 0 amide bonds. The number of nitrogens with zero attached hydrogens (tertiary/aromatic N) is 1. The van der Waals surface area contributed by atoms with Gasteiger partial charge in [0.1, 0.15) is 13.2 Å². The molecule has 5 aromatic carbocycles. The number of benzene rings is 5. The highest BCUT2D eigenvalue weighted by atomic mass is 31.2. The minimum Gasteiger partial charge on any atom is -0.756 e. The van der Waals surface area contributed by atoms with Gasteiger partial charge in [0.15, 0.2) is 0 Å². The summed E-state index contributed by atoms with van der Waals surface area (Å²) in [5.41, 5.74) is 0. The summed E-state index contributed by atoms with van der Waals surface area (Å²) in [6.45, 7) is 0.549. The molecule has 0 bridgehead atoms.